The minimum absolute atomic E-state index is 0.279. The van der Waals surface area contributed by atoms with Crippen LogP contribution in [0.5, 0.6) is 0 Å². The molecule has 0 aliphatic carbocycles. The van der Waals surface area contributed by atoms with Crippen LogP contribution in [0.1, 0.15) is 19.3 Å². The first-order chi connectivity index (χ1) is 8.18. The molecule has 0 aromatic heterocycles. The Hall–Kier alpha value is -0.870. The summed E-state index contributed by atoms with van der Waals surface area (Å²) in [5.74, 6) is 0.844. The van der Waals surface area contributed by atoms with Gasteiger partial charge in [-0.1, -0.05) is 18.2 Å². The van der Waals surface area contributed by atoms with E-state index in [0.29, 0.717) is 10.8 Å². The second kappa shape index (κ2) is 5.65. The van der Waals surface area contributed by atoms with Crippen LogP contribution < -0.4 is 5.32 Å². The van der Waals surface area contributed by atoms with Crippen LogP contribution in [0.25, 0.3) is 0 Å². The fraction of sp³-hybridized carbons (Fsp3) is 0.538. The highest BCUT2D eigenvalue weighted by Crippen LogP contribution is 2.19. The van der Waals surface area contributed by atoms with Gasteiger partial charge in [0, 0.05) is 0 Å². The van der Waals surface area contributed by atoms with E-state index in [-0.39, 0.29) is 5.75 Å². The molecule has 0 unspecified atom stereocenters. The molecule has 2 rings (SSSR count). The van der Waals surface area contributed by atoms with Crippen LogP contribution in [0.2, 0.25) is 0 Å². The molecule has 1 saturated heterocycles. The number of sulfone groups is 1. The molecule has 1 N–H and O–H groups in total. The Morgan fingerprint density at radius 2 is 1.76 bits per heavy atom. The van der Waals surface area contributed by atoms with E-state index >= 15 is 0 Å². The van der Waals surface area contributed by atoms with Crippen molar-refractivity contribution in [1.82, 2.24) is 5.32 Å². The van der Waals surface area contributed by atoms with Gasteiger partial charge in [-0.2, -0.15) is 0 Å². The summed E-state index contributed by atoms with van der Waals surface area (Å²) in [5, 5.41) is 3.29. The van der Waals surface area contributed by atoms with E-state index in [4.69, 9.17) is 0 Å². The molecule has 0 spiro atoms. The van der Waals surface area contributed by atoms with E-state index in [0.717, 1.165) is 32.4 Å². The van der Waals surface area contributed by atoms with Crippen LogP contribution in [0.3, 0.4) is 0 Å². The van der Waals surface area contributed by atoms with E-state index in [1.807, 2.05) is 6.07 Å². The van der Waals surface area contributed by atoms with Crippen molar-refractivity contribution >= 4 is 9.84 Å². The average molecular weight is 253 g/mol. The maximum absolute atomic E-state index is 12.1. The van der Waals surface area contributed by atoms with Gasteiger partial charge < -0.3 is 5.32 Å². The highest BCUT2D eigenvalue weighted by atomic mass is 32.2. The van der Waals surface area contributed by atoms with E-state index in [1.54, 1.807) is 24.3 Å². The maximum atomic E-state index is 12.1. The van der Waals surface area contributed by atoms with Gasteiger partial charge in [0.1, 0.15) is 0 Å². The van der Waals surface area contributed by atoms with Crippen LogP contribution >= 0.6 is 0 Å². The molecule has 1 aromatic rings. The van der Waals surface area contributed by atoms with E-state index in [2.05, 4.69) is 5.32 Å². The van der Waals surface area contributed by atoms with E-state index < -0.39 is 9.84 Å². The molecule has 1 aromatic carbocycles. The minimum atomic E-state index is -3.08. The molecule has 1 heterocycles. The monoisotopic (exact) mass is 253 g/mol. The number of benzene rings is 1. The Balaban J connectivity index is 1.94. The first-order valence-corrected chi connectivity index (χ1v) is 7.82. The Labute approximate surface area is 103 Å². The Morgan fingerprint density at radius 1 is 1.12 bits per heavy atom. The third-order valence-electron chi connectivity index (χ3n) is 3.36. The largest absolute Gasteiger partial charge is 0.317 e. The molecule has 4 heteroatoms. The lowest BCUT2D eigenvalue weighted by Gasteiger charge is -2.22. The summed E-state index contributed by atoms with van der Waals surface area (Å²) in [6.07, 6.45) is 2.99. The van der Waals surface area contributed by atoms with Gasteiger partial charge in [0.15, 0.2) is 9.84 Å². The number of hydrogen-bond donors (Lipinski definition) is 1. The van der Waals surface area contributed by atoms with Gasteiger partial charge in [0.25, 0.3) is 0 Å². The summed E-state index contributed by atoms with van der Waals surface area (Å²) < 4.78 is 24.1. The first kappa shape index (κ1) is 12.6. The maximum Gasteiger partial charge on any atom is 0.178 e. The fourth-order valence-corrected chi connectivity index (χ4v) is 3.69. The summed E-state index contributed by atoms with van der Waals surface area (Å²) >= 11 is 0. The van der Waals surface area contributed by atoms with Gasteiger partial charge in [-0.3, -0.25) is 0 Å². The van der Waals surface area contributed by atoms with Crippen molar-refractivity contribution in [2.75, 3.05) is 18.8 Å². The molecule has 0 radical (unpaired) electrons. The van der Waals surface area contributed by atoms with Crippen molar-refractivity contribution in [1.29, 1.82) is 0 Å². The molecule has 17 heavy (non-hydrogen) atoms. The van der Waals surface area contributed by atoms with Crippen LogP contribution in [0.15, 0.2) is 35.2 Å². The number of piperidine rings is 1. The lowest BCUT2D eigenvalue weighted by Crippen LogP contribution is -2.28. The zero-order chi connectivity index (χ0) is 12.1. The van der Waals surface area contributed by atoms with Gasteiger partial charge in [0.05, 0.1) is 10.6 Å². The molecule has 0 atom stereocenters. The predicted molar refractivity (Wildman–Crippen MR) is 68.7 cm³/mol. The van der Waals surface area contributed by atoms with Gasteiger partial charge in [0.2, 0.25) is 0 Å². The Bertz CT molecular complexity index is 436. The summed E-state index contributed by atoms with van der Waals surface area (Å²) in [4.78, 5) is 0.453. The molecular formula is C13H19NO2S. The molecule has 1 aliphatic rings. The SMILES string of the molecule is O=S(=O)(CCC1CCNCC1)c1ccccc1. The topological polar surface area (TPSA) is 46.2 Å². The van der Waals surface area contributed by atoms with Crippen LogP contribution in [-0.4, -0.2) is 27.3 Å². The van der Waals surface area contributed by atoms with E-state index in [1.165, 1.54) is 0 Å². The van der Waals surface area contributed by atoms with Gasteiger partial charge in [-0.25, -0.2) is 8.42 Å². The normalized spacial score (nSPS) is 18.1. The second-order valence-corrected chi connectivity index (χ2v) is 6.72. The number of hydrogen-bond acceptors (Lipinski definition) is 3. The van der Waals surface area contributed by atoms with Crippen molar-refractivity contribution in [2.45, 2.75) is 24.2 Å². The van der Waals surface area contributed by atoms with Crippen molar-refractivity contribution in [3.05, 3.63) is 30.3 Å². The smallest absolute Gasteiger partial charge is 0.178 e. The summed E-state index contributed by atoms with van der Waals surface area (Å²) in [6, 6.07) is 8.75. The molecule has 0 bridgehead atoms. The lowest BCUT2D eigenvalue weighted by atomic mass is 9.96. The zero-order valence-corrected chi connectivity index (χ0v) is 10.7. The third kappa shape index (κ3) is 3.54. The molecule has 1 aliphatic heterocycles. The second-order valence-electron chi connectivity index (χ2n) is 4.61. The summed E-state index contributed by atoms with van der Waals surface area (Å²) in [7, 11) is -3.08. The first-order valence-electron chi connectivity index (χ1n) is 6.17. The van der Waals surface area contributed by atoms with E-state index in [9.17, 15) is 8.42 Å². The molecule has 3 nitrogen and oxygen atoms in total. The van der Waals surface area contributed by atoms with Crippen molar-refractivity contribution < 1.29 is 8.42 Å². The molecule has 1 fully saturated rings. The van der Waals surface area contributed by atoms with Crippen LogP contribution in [-0.2, 0) is 9.84 Å². The van der Waals surface area contributed by atoms with Crippen molar-refractivity contribution in [3.8, 4) is 0 Å². The predicted octanol–water partition coefficient (Wildman–Crippen LogP) is 1.85. The number of rotatable bonds is 4. The zero-order valence-electron chi connectivity index (χ0n) is 9.93. The number of nitrogens with one attached hydrogen (secondary N) is 1. The standard InChI is InChI=1S/C13H19NO2S/c15-17(16,13-4-2-1-3-5-13)11-8-12-6-9-14-10-7-12/h1-5,12,14H,6-11H2. The molecular weight excluding hydrogens is 234 g/mol. The van der Waals surface area contributed by atoms with Gasteiger partial charge in [-0.05, 0) is 50.4 Å². The van der Waals surface area contributed by atoms with Gasteiger partial charge in [-0.15, -0.1) is 0 Å². The van der Waals surface area contributed by atoms with Crippen LogP contribution in [0.4, 0.5) is 0 Å². The van der Waals surface area contributed by atoms with Crippen molar-refractivity contribution in [3.63, 3.8) is 0 Å². The molecule has 0 amide bonds. The Kier molecular flexibility index (Phi) is 4.18. The minimum Gasteiger partial charge on any atom is -0.317 e. The quantitative estimate of drug-likeness (QED) is 0.890. The highest BCUT2D eigenvalue weighted by molar-refractivity contribution is 7.91. The average Bonchev–Trinajstić information content (AvgIpc) is 2.39. The fourth-order valence-electron chi connectivity index (χ4n) is 2.24. The Morgan fingerprint density at radius 3 is 2.41 bits per heavy atom. The summed E-state index contributed by atoms with van der Waals surface area (Å²) in [5.41, 5.74) is 0. The van der Waals surface area contributed by atoms with Gasteiger partial charge >= 0.3 is 0 Å². The molecule has 94 valence electrons. The van der Waals surface area contributed by atoms with Crippen molar-refractivity contribution in [2.24, 2.45) is 5.92 Å². The summed E-state index contributed by atoms with van der Waals surface area (Å²) in [6.45, 7) is 2.05. The third-order valence-corrected chi connectivity index (χ3v) is 5.12. The molecule has 0 saturated carbocycles. The highest BCUT2D eigenvalue weighted by Gasteiger charge is 2.18. The van der Waals surface area contributed by atoms with Crippen LogP contribution in [0, 0.1) is 5.92 Å². The lowest BCUT2D eigenvalue weighted by molar-refractivity contribution is 0.365.